The highest BCUT2D eigenvalue weighted by Gasteiger charge is 2.46. The molecule has 0 aromatic carbocycles. The van der Waals surface area contributed by atoms with E-state index in [0.29, 0.717) is 0 Å². The Morgan fingerprint density at radius 1 is 0.407 bits per heavy atom. The van der Waals surface area contributed by atoms with E-state index in [1.165, 1.54) is 96.3 Å². The summed E-state index contributed by atoms with van der Waals surface area (Å²) in [5, 5.41) is 0. The van der Waals surface area contributed by atoms with Gasteiger partial charge in [0.2, 0.25) is 0 Å². The molecule has 0 N–H and O–H groups in total. The largest absolute Gasteiger partial charge is 0.0654 e. The minimum Gasteiger partial charge on any atom is -0.0654 e. The van der Waals surface area contributed by atoms with Crippen molar-refractivity contribution in [3.05, 3.63) is 0 Å². The molecule has 0 radical (unpaired) electrons. The standard InChI is InChI=1S/C27H54/c1-7-12-15-17-20-24-22(6)23(11-5)25(18-10-4)27(19-14-9-3)26(24)21-16-13-8-2/h22-27H,7-21H2,1-6H3. The molecule has 0 heteroatoms. The van der Waals surface area contributed by atoms with Crippen LogP contribution in [0.4, 0.5) is 0 Å². The first-order valence-electron chi connectivity index (χ1n) is 13.2. The predicted octanol–water partition coefficient (Wildman–Crippen LogP) is 9.67. The van der Waals surface area contributed by atoms with Gasteiger partial charge in [0.05, 0.1) is 0 Å². The summed E-state index contributed by atoms with van der Waals surface area (Å²) in [7, 11) is 0. The maximum absolute atomic E-state index is 2.66. The van der Waals surface area contributed by atoms with Crippen molar-refractivity contribution in [2.24, 2.45) is 35.5 Å². The molecule has 0 spiro atoms. The van der Waals surface area contributed by atoms with Gasteiger partial charge in [-0.15, -0.1) is 0 Å². The molecular formula is C27H54. The van der Waals surface area contributed by atoms with E-state index in [2.05, 4.69) is 41.5 Å². The lowest BCUT2D eigenvalue weighted by molar-refractivity contribution is -0.0337. The fraction of sp³-hybridized carbons (Fsp3) is 1.00. The molecular weight excluding hydrogens is 324 g/mol. The Morgan fingerprint density at radius 2 is 0.889 bits per heavy atom. The van der Waals surface area contributed by atoms with Crippen molar-refractivity contribution in [3.8, 4) is 0 Å². The lowest BCUT2D eigenvalue weighted by atomic mass is 9.53. The quantitative estimate of drug-likeness (QED) is 0.249. The van der Waals surface area contributed by atoms with Crippen molar-refractivity contribution in [1.29, 1.82) is 0 Å². The molecule has 0 aromatic rings. The highest BCUT2D eigenvalue weighted by Crippen LogP contribution is 2.53. The van der Waals surface area contributed by atoms with Crippen LogP contribution in [0.3, 0.4) is 0 Å². The van der Waals surface area contributed by atoms with Gasteiger partial charge in [0, 0.05) is 0 Å². The summed E-state index contributed by atoms with van der Waals surface area (Å²) in [6.45, 7) is 14.7. The molecule has 0 amide bonds. The summed E-state index contributed by atoms with van der Waals surface area (Å²) in [5.41, 5.74) is 0. The van der Waals surface area contributed by atoms with Gasteiger partial charge in [0.15, 0.2) is 0 Å². The van der Waals surface area contributed by atoms with Crippen LogP contribution in [-0.2, 0) is 0 Å². The molecule has 0 bridgehead atoms. The van der Waals surface area contributed by atoms with E-state index in [0.717, 1.165) is 35.5 Å². The van der Waals surface area contributed by atoms with Crippen LogP contribution >= 0.6 is 0 Å². The molecule has 1 rings (SSSR count). The molecule has 0 aromatic heterocycles. The zero-order valence-electron chi connectivity index (χ0n) is 20.1. The normalized spacial score (nSPS) is 31.3. The van der Waals surface area contributed by atoms with Gasteiger partial charge in [0.1, 0.15) is 0 Å². The molecule has 6 atom stereocenters. The summed E-state index contributed by atoms with van der Waals surface area (Å²) in [5.74, 6) is 6.03. The van der Waals surface area contributed by atoms with Crippen molar-refractivity contribution in [2.45, 2.75) is 138 Å². The Morgan fingerprint density at radius 3 is 1.48 bits per heavy atom. The van der Waals surface area contributed by atoms with Gasteiger partial charge in [-0.05, 0) is 54.8 Å². The second-order valence-corrected chi connectivity index (χ2v) is 9.86. The van der Waals surface area contributed by atoms with E-state index in [-0.39, 0.29) is 0 Å². The van der Waals surface area contributed by atoms with Crippen LogP contribution in [0.1, 0.15) is 138 Å². The Bertz CT molecular complexity index is 333. The van der Waals surface area contributed by atoms with Crippen LogP contribution in [-0.4, -0.2) is 0 Å². The first-order valence-corrected chi connectivity index (χ1v) is 13.2. The first-order chi connectivity index (χ1) is 13.2. The summed E-state index contributed by atoms with van der Waals surface area (Å²) >= 11 is 0. The van der Waals surface area contributed by atoms with Gasteiger partial charge in [-0.25, -0.2) is 0 Å². The minimum atomic E-state index is 0.956. The van der Waals surface area contributed by atoms with Crippen molar-refractivity contribution in [3.63, 3.8) is 0 Å². The minimum absolute atomic E-state index is 0.956. The Hall–Kier alpha value is 0. The van der Waals surface area contributed by atoms with Crippen LogP contribution < -0.4 is 0 Å². The molecule has 0 nitrogen and oxygen atoms in total. The average molecular weight is 379 g/mol. The van der Waals surface area contributed by atoms with Crippen molar-refractivity contribution in [2.75, 3.05) is 0 Å². The fourth-order valence-corrected chi connectivity index (χ4v) is 6.70. The first kappa shape index (κ1) is 25.0. The van der Waals surface area contributed by atoms with Gasteiger partial charge >= 0.3 is 0 Å². The molecule has 1 aliphatic rings. The van der Waals surface area contributed by atoms with E-state index in [9.17, 15) is 0 Å². The maximum Gasteiger partial charge on any atom is -0.0352 e. The molecule has 0 aliphatic heterocycles. The SMILES string of the molecule is CCCCCCC1C(C)C(CC)C(CCC)C(CCCC)C1CCCCC. The van der Waals surface area contributed by atoms with E-state index in [1.807, 2.05) is 0 Å². The van der Waals surface area contributed by atoms with Gasteiger partial charge in [0.25, 0.3) is 0 Å². The third-order valence-corrected chi connectivity index (χ3v) is 8.07. The Balaban J connectivity index is 3.01. The van der Waals surface area contributed by atoms with Crippen molar-refractivity contribution >= 4 is 0 Å². The summed E-state index contributed by atoms with van der Waals surface area (Å²) in [4.78, 5) is 0. The van der Waals surface area contributed by atoms with Crippen LogP contribution in [0, 0.1) is 35.5 Å². The molecule has 1 aliphatic carbocycles. The summed E-state index contributed by atoms with van der Waals surface area (Å²) in [6.07, 6.45) is 21.8. The second kappa shape index (κ2) is 14.9. The monoisotopic (exact) mass is 378 g/mol. The number of unbranched alkanes of at least 4 members (excludes halogenated alkanes) is 6. The molecule has 162 valence electrons. The lowest BCUT2D eigenvalue weighted by Crippen LogP contribution is -2.45. The fourth-order valence-electron chi connectivity index (χ4n) is 6.70. The Labute approximate surface area is 173 Å². The zero-order chi connectivity index (χ0) is 20.1. The van der Waals surface area contributed by atoms with Gasteiger partial charge < -0.3 is 0 Å². The smallest absolute Gasteiger partial charge is 0.0352 e. The van der Waals surface area contributed by atoms with Crippen LogP contribution in [0.15, 0.2) is 0 Å². The molecule has 1 fully saturated rings. The molecule has 27 heavy (non-hydrogen) atoms. The van der Waals surface area contributed by atoms with E-state index >= 15 is 0 Å². The molecule has 0 saturated heterocycles. The van der Waals surface area contributed by atoms with E-state index < -0.39 is 0 Å². The second-order valence-electron chi connectivity index (χ2n) is 9.86. The topological polar surface area (TPSA) is 0 Å². The lowest BCUT2D eigenvalue weighted by Gasteiger charge is -2.52. The van der Waals surface area contributed by atoms with E-state index in [4.69, 9.17) is 0 Å². The zero-order valence-corrected chi connectivity index (χ0v) is 20.1. The number of hydrogen-bond donors (Lipinski definition) is 0. The van der Waals surface area contributed by atoms with E-state index in [1.54, 1.807) is 0 Å². The summed E-state index contributed by atoms with van der Waals surface area (Å²) in [6, 6.07) is 0. The van der Waals surface area contributed by atoms with Gasteiger partial charge in [-0.1, -0.05) is 119 Å². The maximum atomic E-state index is 2.66. The third-order valence-electron chi connectivity index (χ3n) is 8.07. The van der Waals surface area contributed by atoms with Gasteiger partial charge in [-0.2, -0.15) is 0 Å². The number of hydrogen-bond acceptors (Lipinski definition) is 0. The predicted molar refractivity (Wildman–Crippen MR) is 124 cm³/mol. The molecule has 1 saturated carbocycles. The Kier molecular flexibility index (Phi) is 13.8. The summed E-state index contributed by atoms with van der Waals surface area (Å²) < 4.78 is 0. The van der Waals surface area contributed by atoms with Crippen LogP contribution in [0.25, 0.3) is 0 Å². The van der Waals surface area contributed by atoms with Crippen LogP contribution in [0.5, 0.6) is 0 Å². The van der Waals surface area contributed by atoms with Crippen LogP contribution in [0.2, 0.25) is 0 Å². The third kappa shape index (κ3) is 7.74. The highest BCUT2D eigenvalue weighted by molar-refractivity contribution is 4.95. The molecule has 6 unspecified atom stereocenters. The molecule has 0 heterocycles. The average Bonchev–Trinajstić information content (AvgIpc) is 2.67. The number of rotatable bonds is 15. The highest BCUT2D eigenvalue weighted by atomic mass is 14.5. The van der Waals surface area contributed by atoms with Gasteiger partial charge in [-0.3, -0.25) is 0 Å². The van der Waals surface area contributed by atoms with Crippen molar-refractivity contribution < 1.29 is 0 Å². The van der Waals surface area contributed by atoms with Crippen molar-refractivity contribution in [1.82, 2.24) is 0 Å².